The molecule has 0 radical (unpaired) electrons. The highest BCUT2D eigenvalue weighted by atomic mass is 16.5. The lowest BCUT2D eigenvalue weighted by molar-refractivity contribution is -0.115. The second-order valence-corrected chi connectivity index (χ2v) is 4.14. The Labute approximate surface area is 111 Å². The van der Waals surface area contributed by atoms with Crippen molar-refractivity contribution in [2.45, 2.75) is 12.5 Å². The minimum Gasteiger partial charge on any atom is -0.451 e. The van der Waals surface area contributed by atoms with E-state index in [4.69, 9.17) is 4.74 Å². The molecule has 3 heteroatoms. The van der Waals surface area contributed by atoms with Gasteiger partial charge in [-0.2, -0.15) is 0 Å². The summed E-state index contributed by atoms with van der Waals surface area (Å²) in [6, 6.07) is 18.1. The van der Waals surface area contributed by atoms with Crippen LogP contribution in [0.3, 0.4) is 0 Å². The molecule has 0 bridgehead atoms. The molecule has 0 aromatic heterocycles. The Balaban J connectivity index is 2.00. The minimum atomic E-state index is -0.755. The Kier molecular flexibility index (Phi) is 4.45. The van der Waals surface area contributed by atoms with Gasteiger partial charge in [0.25, 0.3) is 0 Å². The van der Waals surface area contributed by atoms with Crippen molar-refractivity contribution in [2.24, 2.45) is 0 Å². The number of hydrogen-bond acceptors (Lipinski definition) is 3. The summed E-state index contributed by atoms with van der Waals surface area (Å²) in [7, 11) is 0. The van der Waals surface area contributed by atoms with Crippen LogP contribution in [0.25, 0.3) is 0 Å². The van der Waals surface area contributed by atoms with Gasteiger partial charge in [0.15, 0.2) is 12.4 Å². The van der Waals surface area contributed by atoms with Gasteiger partial charge in [-0.25, -0.2) is 4.79 Å². The van der Waals surface area contributed by atoms with E-state index in [9.17, 15) is 9.59 Å². The lowest BCUT2D eigenvalue weighted by Gasteiger charge is -2.12. The standard InChI is InChI=1S/C16H14O3/c17-12-15(11-13-7-3-1-4-8-13)19-16(18)14-9-5-2-6-10-14/h1-10,12,15H,11H2/t15-/m1/s1. The smallest absolute Gasteiger partial charge is 0.338 e. The van der Waals surface area contributed by atoms with Crippen molar-refractivity contribution in [3.05, 3.63) is 71.8 Å². The first-order valence-electron chi connectivity index (χ1n) is 6.05. The monoisotopic (exact) mass is 254 g/mol. The van der Waals surface area contributed by atoms with Crippen LogP contribution in [0.5, 0.6) is 0 Å². The van der Waals surface area contributed by atoms with Gasteiger partial charge in [-0.05, 0) is 17.7 Å². The molecule has 2 rings (SSSR count). The van der Waals surface area contributed by atoms with E-state index in [0.29, 0.717) is 18.3 Å². The zero-order valence-electron chi connectivity index (χ0n) is 10.4. The van der Waals surface area contributed by atoms with Crippen LogP contribution in [-0.4, -0.2) is 18.4 Å². The third-order valence-electron chi connectivity index (χ3n) is 2.70. The van der Waals surface area contributed by atoms with Gasteiger partial charge in [0, 0.05) is 6.42 Å². The molecule has 3 nitrogen and oxygen atoms in total. The number of esters is 1. The molecule has 19 heavy (non-hydrogen) atoms. The first-order chi connectivity index (χ1) is 9.29. The number of benzene rings is 2. The van der Waals surface area contributed by atoms with Gasteiger partial charge in [-0.15, -0.1) is 0 Å². The summed E-state index contributed by atoms with van der Waals surface area (Å²) in [5.74, 6) is -0.478. The van der Waals surface area contributed by atoms with E-state index in [-0.39, 0.29) is 0 Å². The number of aldehydes is 1. The molecule has 0 unspecified atom stereocenters. The minimum absolute atomic E-state index is 0.392. The fraction of sp³-hybridized carbons (Fsp3) is 0.125. The Bertz CT molecular complexity index is 534. The van der Waals surface area contributed by atoms with Crippen LogP contribution in [0.1, 0.15) is 15.9 Å². The summed E-state index contributed by atoms with van der Waals surface area (Å²) in [5.41, 5.74) is 1.41. The molecule has 0 N–H and O–H groups in total. The van der Waals surface area contributed by atoms with E-state index >= 15 is 0 Å². The normalized spacial score (nSPS) is 11.6. The summed E-state index contributed by atoms with van der Waals surface area (Å²) >= 11 is 0. The van der Waals surface area contributed by atoms with Crippen molar-refractivity contribution in [1.82, 2.24) is 0 Å². The van der Waals surface area contributed by atoms with Crippen LogP contribution in [0.4, 0.5) is 0 Å². The maximum Gasteiger partial charge on any atom is 0.338 e. The summed E-state index contributed by atoms with van der Waals surface area (Å²) < 4.78 is 5.18. The van der Waals surface area contributed by atoms with E-state index in [1.807, 2.05) is 36.4 Å². The van der Waals surface area contributed by atoms with Crippen LogP contribution < -0.4 is 0 Å². The van der Waals surface area contributed by atoms with Gasteiger partial charge in [0.05, 0.1) is 5.56 Å². The van der Waals surface area contributed by atoms with E-state index in [1.165, 1.54) is 0 Å². The molecule has 0 amide bonds. The fourth-order valence-corrected chi connectivity index (χ4v) is 1.74. The van der Waals surface area contributed by atoms with E-state index in [1.54, 1.807) is 24.3 Å². The second kappa shape index (κ2) is 6.50. The molecule has 2 aromatic rings. The third-order valence-corrected chi connectivity index (χ3v) is 2.70. The molecule has 0 aliphatic rings. The van der Waals surface area contributed by atoms with Gasteiger partial charge < -0.3 is 4.74 Å². The average molecular weight is 254 g/mol. The molecule has 0 spiro atoms. The summed E-state index contributed by atoms with van der Waals surface area (Å²) in [6.07, 6.45) is 0.298. The van der Waals surface area contributed by atoms with E-state index in [0.717, 1.165) is 5.56 Å². The fourth-order valence-electron chi connectivity index (χ4n) is 1.74. The maximum atomic E-state index is 11.8. The summed E-state index contributed by atoms with van der Waals surface area (Å²) in [5, 5.41) is 0. The lowest BCUT2D eigenvalue weighted by atomic mass is 10.1. The van der Waals surface area contributed by atoms with E-state index < -0.39 is 12.1 Å². The number of carbonyl (C=O) groups excluding carboxylic acids is 2. The highest BCUT2D eigenvalue weighted by molar-refractivity contribution is 5.90. The van der Waals surface area contributed by atoms with Gasteiger partial charge in [-0.3, -0.25) is 4.79 Å². The third kappa shape index (κ3) is 3.78. The Morgan fingerprint density at radius 1 is 1.00 bits per heavy atom. The predicted octanol–water partition coefficient (Wildman–Crippen LogP) is 2.65. The number of carbonyl (C=O) groups is 2. The van der Waals surface area contributed by atoms with Crippen LogP contribution >= 0.6 is 0 Å². The van der Waals surface area contributed by atoms with Crippen molar-refractivity contribution < 1.29 is 14.3 Å². The van der Waals surface area contributed by atoms with Crippen LogP contribution in [0, 0.1) is 0 Å². The van der Waals surface area contributed by atoms with Crippen molar-refractivity contribution in [2.75, 3.05) is 0 Å². The molecule has 0 aliphatic heterocycles. The molecule has 0 saturated heterocycles. The first kappa shape index (κ1) is 13.0. The van der Waals surface area contributed by atoms with Crippen LogP contribution in [-0.2, 0) is 16.0 Å². The zero-order valence-corrected chi connectivity index (χ0v) is 10.4. The van der Waals surface area contributed by atoms with Crippen molar-refractivity contribution >= 4 is 12.3 Å². The Morgan fingerprint density at radius 2 is 1.58 bits per heavy atom. The topological polar surface area (TPSA) is 43.4 Å². The van der Waals surface area contributed by atoms with Gasteiger partial charge in [0.2, 0.25) is 0 Å². The van der Waals surface area contributed by atoms with Gasteiger partial charge in [0.1, 0.15) is 0 Å². The molecule has 2 aromatic carbocycles. The van der Waals surface area contributed by atoms with Crippen molar-refractivity contribution in [3.8, 4) is 0 Å². The van der Waals surface area contributed by atoms with Crippen LogP contribution in [0.15, 0.2) is 60.7 Å². The molecule has 96 valence electrons. The highest BCUT2D eigenvalue weighted by Crippen LogP contribution is 2.08. The first-order valence-corrected chi connectivity index (χ1v) is 6.05. The summed E-state index contributed by atoms with van der Waals surface area (Å²) in [6.45, 7) is 0. The SMILES string of the molecule is O=C[C@@H](Cc1ccccc1)OC(=O)c1ccccc1. The molecule has 0 saturated carbocycles. The maximum absolute atomic E-state index is 11.8. The predicted molar refractivity (Wildman–Crippen MR) is 71.9 cm³/mol. The highest BCUT2D eigenvalue weighted by Gasteiger charge is 2.15. The Hall–Kier alpha value is -2.42. The molecular weight excluding hydrogens is 240 g/mol. The number of rotatable bonds is 5. The number of ether oxygens (including phenoxy) is 1. The largest absolute Gasteiger partial charge is 0.451 e. The number of hydrogen-bond donors (Lipinski definition) is 0. The molecule has 0 heterocycles. The summed E-state index contributed by atoms with van der Waals surface area (Å²) in [4.78, 5) is 22.8. The van der Waals surface area contributed by atoms with Crippen molar-refractivity contribution in [3.63, 3.8) is 0 Å². The van der Waals surface area contributed by atoms with E-state index in [2.05, 4.69) is 0 Å². The average Bonchev–Trinajstić information content (AvgIpc) is 2.48. The van der Waals surface area contributed by atoms with Crippen molar-refractivity contribution in [1.29, 1.82) is 0 Å². The van der Waals surface area contributed by atoms with Gasteiger partial charge >= 0.3 is 5.97 Å². The molecule has 0 aliphatic carbocycles. The van der Waals surface area contributed by atoms with Crippen LogP contribution in [0.2, 0.25) is 0 Å². The quantitative estimate of drug-likeness (QED) is 0.608. The second-order valence-electron chi connectivity index (χ2n) is 4.14. The zero-order chi connectivity index (χ0) is 13.5. The lowest BCUT2D eigenvalue weighted by Crippen LogP contribution is -2.22. The molecule has 1 atom stereocenters. The molecular formula is C16H14O3. The molecule has 0 fully saturated rings. The Morgan fingerprint density at radius 3 is 2.16 bits per heavy atom. The van der Waals surface area contributed by atoms with Gasteiger partial charge in [-0.1, -0.05) is 48.5 Å².